The fourth-order valence-electron chi connectivity index (χ4n) is 2.33. The Morgan fingerprint density at radius 1 is 1.36 bits per heavy atom. The van der Waals surface area contributed by atoms with E-state index < -0.39 is 0 Å². The molecule has 1 rings (SSSR count). The predicted octanol–water partition coefficient (Wildman–Crippen LogP) is 2.42. The van der Waals surface area contributed by atoms with Crippen LogP contribution in [-0.2, 0) is 0 Å². The first-order valence-electron chi connectivity index (χ1n) is 6.25. The van der Waals surface area contributed by atoms with Gasteiger partial charge in [-0.25, -0.2) is 0 Å². The molecule has 0 saturated heterocycles. The summed E-state index contributed by atoms with van der Waals surface area (Å²) in [6.45, 7) is 4.54. The van der Waals surface area contributed by atoms with Gasteiger partial charge in [-0.3, -0.25) is 0 Å². The van der Waals surface area contributed by atoms with Crippen molar-refractivity contribution in [3.63, 3.8) is 0 Å². The van der Waals surface area contributed by atoms with Gasteiger partial charge in [0.25, 0.3) is 0 Å². The summed E-state index contributed by atoms with van der Waals surface area (Å²) in [5.41, 5.74) is 6.09. The van der Waals surface area contributed by atoms with Crippen molar-refractivity contribution in [1.29, 1.82) is 0 Å². The molecule has 1 fully saturated rings. The molecule has 0 aromatic rings. The van der Waals surface area contributed by atoms with Crippen LogP contribution in [0, 0.1) is 0 Å². The minimum Gasteiger partial charge on any atom is -0.326 e. The molecule has 2 nitrogen and oxygen atoms in total. The third kappa shape index (κ3) is 3.97. The molecule has 0 aliphatic heterocycles. The SMILES string of the molecule is CCCCC(C)NC1CCCCC1N. The Morgan fingerprint density at radius 3 is 2.71 bits per heavy atom. The lowest BCUT2D eigenvalue weighted by Crippen LogP contribution is -2.50. The number of hydrogen-bond donors (Lipinski definition) is 2. The lowest BCUT2D eigenvalue weighted by Gasteiger charge is -2.32. The van der Waals surface area contributed by atoms with Crippen LogP contribution in [0.4, 0.5) is 0 Å². The molecular weight excluding hydrogens is 172 g/mol. The van der Waals surface area contributed by atoms with Crippen LogP contribution in [0.5, 0.6) is 0 Å². The molecule has 1 saturated carbocycles. The van der Waals surface area contributed by atoms with Gasteiger partial charge in [-0.2, -0.15) is 0 Å². The van der Waals surface area contributed by atoms with Crippen molar-refractivity contribution in [3.8, 4) is 0 Å². The van der Waals surface area contributed by atoms with Crippen molar-refractivity contribution >= 4 is 0 Å². The topological polar surface area (TPSA) is 38.0 Å². The number of rotatable bonds is 5. The summed E-state index contributed by atoms with van der Waals surface area (Å²) in [6, 6.07) is 1.62. The summed E-state index contributed by atoms with van der Waals surface area (Å²) in [5.74, 6) is 0. The summed E-state index contributed by atoms with van der Waals surface area (Å²) < 4.78 is 0. The predicted molar refractivity (Wildman–Crippen MR) is 62.4 cm³/mol. The van der Waals surface area contributed by atoms with E-state index in [0.717, 1.165) is 0 Å². The molecule has 3 N–H and O–H groups in total. The number of hydrogen-bond acceptors (Lipinski definition) is 2. The average Bonchev–Trinajstić information content (AvgIpc) is 2.18. The largest absolute Gasteiger partial charge is 0.326 e. The molecule has 0 radical (unpaired) electrons. The van der Waals surface area contributed by atoms with E-state index in [-0.39, 0.29) is 0 Å². The Balaban J connectivity index is 2.20. The van der Waals surface area contributed by atoms with Crippen LogP contribution in [-0.4, -0.2) is 18.1 Å². The lowest BCUT2D eigenvalue weighted by molar-refractivity contribution is 0.298. The Morgan fingerprint density at radius 2 is 2.07 bits per heavy atom. The van der Waals surface area contributed by atoms with E-state index in [1.165, 1.54) is 44.9 Å². The maximum Gasteiger partial charge on any atom is 0.0221 e. The highest BCUT2D eigenvalue weighted by Crippen LogP contribution is 2.17. The minimum absolute atomic E-state index is 0.396. The Hall–Kier alpha value is -0.0800. The normalized spacial score (nSPS) is 30.2. The van der Waals surface area contributed by atoms with Crippen LogP contribution in [0.25, 0.3) is 0 Å². The standard InChI is InChI=1S/C12H26N2/c1-3-4-7-10(2)14-12-9-6-5-8-11(12)13/h10-12,14H,3-9,13H2,1-2H3. The second-order valence-electron chi connectivity index (χ2n) is 4.76. The van der Waals surface area contributed by atoms with Crippen LogP contribution in [0.15, 0.2) is 0 Å². The fourth-order valence-corrected chi connectivity index (χ4v) is 2.33. The second kappa shape index (κ2) is 6.41. The molecule has 3 unspecified atom stereocenters. The zero-order chi connectivity index (χ0) is 10.4. The van der Waals surface area contributed by atoms with Gasteiger partial charge in [0.1, 0.15) is 0 Å². The Bertz CT molecular complexity index is 147. The zero-order valence-corrected chi connectivity index (χ0v) is 9.76. The van der Waals surface area contributed by atoms with Crippen molar-refractivity contribution in [2.75, 3.05) is 0 Å². The van der Waals surface area contributed by atoms with Crippen LogP contribution < -0.4 is 11.1 Å². The third-order valence-electron chi connectivity index (χ3n) is 3.31. The molecule has 1 aliphatic rings. The van der Waals surface area contributed by atoms with Gasteiger partial charge in [0, 0.05) is 18.1 Å². The molecule has 3 atom stereocenters. The van der Waals surface area contributed by atoms with E-state index in [4.69, 9.17) is 5.73 Å². The Labute approximate surface area is 88.6 Å². The van der Waals surface area contributed by atoms with E-state index >= 15 is 0 Å². The molecule has 14 heavy (non-hydrogen) atoms. The van der Waals surface area contributed by atoms with Gasteiger partial charge in [-0.15, -0.1) is 0 Å². The number of unbranched alkanes of at least 4 members (excludes halogenated alkanes) is 1. The van der Waals surface area contributed by atoms with Gasteiger partial charge in [0.05, 0.1) is 0 Å². The molecule has 0 amide bonds. The van der Waals surface area contributed by atoms with Gasteiger partial charge >= 0.3 is 0 Å². The summed E-state index contributed by atoms with van der Waals surface area (Å²) in [4.78, 5) is 0. The van der Waals surface area contributed by atoms with E-state index in [0.29, 0.717) is 18.1 Å². The van der Waals surface area contributed by atoms with Gasteiger partial charge in [0.2, 0.25) is 0 Å². The molecule has 0 aromatic heterocycles. The van der Waals surface area contributed by atoms with Crippen molar-refractivity contribution in [1.82, 2.24) is 5.32 Å². The maximum absolute atomic E-state index is 6.09. The summed E-state index contributed by atoms with van der Waals surface area (Å²) >= 11 is 0. The van der Waals surface area contributed by atoms with Crippen LogP contribution >= 0.6 is 0 Å². The molecule has 0 aromatic carbocycles. The van der Waals surface area contributed by atoms with Gasteiger partial charge in [-0.1, -0.05) is 32.6 Å². The van der Waals surface area contributed by atoms with Crippen molar-refractivity contribution < 1.29 is 0 Å². The summed E-state index contributed by atoms with van der Waals surface area (Å²) in [7, 11) is 0. The van der Waals surface area contributed by atoms with E-state index in [1.807, 2.05) is 0 Å². The van der Waals surface area contributed by atoms with Crippen molar-refractivity contribution in [2.45, 2.75) is 76.9 Å². The van der Waals surface area contributed by atoms with E-state index in [1.54, 1.807) is 0 Å². The number of nitrogens with one attached hydrogen (secondary N) is 1. The lowest BCUT2D eigenvalue weighted by atomic mass is 9.90. The monoisotopic (exact) mass is 198 g/mol. The molecule has 0 bridgehead atoms. The first kappa shape index (κ1) is 12.0. The smallest absolute Gasteiger partial charge is 0.0221 e. The summed E-state index contributed by atoms with van der Waals surface area (Å²) in [6.07, 6.45) is 9.07. The van der Waals surface area contributed by atoms with Gasteiger partial charge < -0.3 is 11.1 Å². The van der Waals surface area contributed by atoms with Crippen LogP contribution in [0.3, 0.4) is 0 Å². The molecule has 0 spiro atoms. The van der Waals surface area contributed by atoms with Gasteiger partial charge in [0.15, 0.2) is 0 Å². The summed E-state index contributed by atoms with van der Waals surface area (Å²) in [5, 5.41) is 3.68. The maximum atomic E-state index is 6.09. The third-order valence-corrected chi connectivity index (χ3v) is 3.31. The van der Waals surface area contributed by atoms with Gasteiger partial charge in [-0.05, 0) is 26.2 Å². The van der Waals surface area contributed by atoms with Crippen LogP contribution in [0.1, 0.15) is 58.8 Å². The van der Waals surface area contributed by atoms with Crippen LogP contribution in [0.2, 0.25) is 0 Å². The highest BCUT2D eigenvalue weighted by molar-refractivity contribution is 4.85. The fraction of sp³-hybridized carbons (Fsp3) is 1.00. The number of nitrogens with two attached hydrogens (primary N) is 1. The molecular formula is C12H26N2. The Kier molecular flexibility index (Phi) is 5.49. The molecule has 84 valence electrons. The minimum atomic E-state index is 0.396. The average molecular weight is 198 g/mol. The molecule has 0 heterocycles. The van der Waals surface area contributed by atoms with Crippen molar-refractivity contribution in [3.05, 3.63) is 0 Å². The van der Waals surface area contributed by atoms with Crippen molar-refractivity contribution in [2.24, 2.45) is 5.73 Å². The highest BCUT2D eigenvalue weighted by atomic mass is 15.0. The first-order chi connectivity index (χ1) is 6.74. The zero-order valence-electron chi connectivity index (χ0n) is 9.76. The molecule has 2 heteroatoms. The highest BCUT2D eigenvalue weighted by Gasteiger charge is 2.22. The second-order valence-corrected chi connectivity index (χ2v) is 4.76. The van der Waals surface area contributed by atoms with E-state index in [2.05, 4.69) is 19.2 Å². The first-order valence-corrected chi connectivity index (χ1v) is 6.25. The van der Waals surface area contributed by atoms with E-state index in [9.17, 15) is 0 Å². The quantitative estimate of drug-likeness (QED) is 0.712. The molecule has 1 aliphatic carbocycles.